The van der Waals surface area contributed by atoms with Crippen molar-refractivity contribution in [3.8, 4) is 0 Å². The van der Waals surface area contributed by atoms with Gasteiger partial charge in [-0.3, -0.25) is 4.79 Å². The molecule has 0 radical (unpaired) electrons. The number of ether oxygens (including phenoxy) is 1. The topological polar surface area (TPSA) is 52.3 Å². The summed E-state index contributed by atoms with van der Waals surface area (Å²) in [5, 5.41) is 0. The fraction of sp³-hybridized carbons (Fsp3) is 0.933. The monoisotopic (exact) mass is 253 g/mol. The van der Waals surface area contributed by atoms with Crippen LogP contribution in [0.5, 0.6) is 0 Å². The van der Waals surface area contributed by atoms with Gasteiger partial charge in [-0.25, -0.2) is 0 Å². The van der Waals surface area contributed by atoms with Crippen LogP contribution >= 0.6 is 0 Å². The predicted octanol–water partition coefficient (Wildman–Crippen LogP) is 2.73. The second kappa shape index (κ2) is 4.52. The molecule has 2 fully saturated rings. The Hall–Kier alpha value is -0.570. The Kier molecular flexibility index (Phi) is 3.48. The van der Waals surface area contributed by atoms with Gasteiger partial charge >= 0.3 is 5.97 Å². The zero-order valence-electron chi connectivity index (χ0n) is 12.2. The molecule has 4 atom stereocenters. The first-order valence-corrected chi connectivity index (χ1v) is 7.27. The van der Waals surface area contributed by atoms with Gasteiger partial charge in [0.2, 0.25) is 0 Å². The molecule has 2 rings (SSSR count). The van der Waals surface area contributed by atoms with Crippen LogP contribution in [0.4, 0.5) is 0 Å². The number of rotatable bonds is 4. The average molecular weight is 253 g/mol. The van der Waals surface area contributed by atoms with E-state index in [-0.39, 0.29) is 23.4 Å². The first kappa shape index (κ1) is 13.9. The molecule has 18 heavy (non-hydrogen) atoms. The zero-order valence-corrected chi connectivity index (χ0v) is 12.2. The number of esters is 1. The highest BCUT2D eigenvalue weighted by Gasteiger charge is 2.62. The Balaban J connectivity index is 2.07. The van der Waals surface area contributed by atoms with Crippen molar-refractivity contribution < 1.29 is 9.53 Å². The van der Waals surface area contributed by atoms with Gasteiger partial charge in [0.25, 0.3) is 0 Å². The van der Waals surface area contributed by atoms with Crippen molar-refractivity contribution in [3.63, 3.8) is 0 Å². The maximum Gasteiger partial charge on any atom is 0.310 e. The van der Waals surface area contributed by atoms with E-state index in [0.29, 0.717) is 17.9 Å². The maximum absolute atomic E-state index is 12.1. The molecule has 0 aromatic heterocycles. The molecule has 0 aromatic carbocycles. The number of fused-ring (bicyclic) bond motifs is 2. The molecule has 3 heteroatoms. The van der Waals surface area contributed by atoms with Crippen molar-refractivity contribution in [2.45, 2.75) is 59.5 Å². The minimum Gasteiger partial charge on any atom is -0.462 e. The van der Waals surface area contributed by atoms with Crippen molar-refractivity contribution in [2.75, 3.05) is 6.54 Å². The third-order valence-electron chi connectivity index (χ3n) is 6.08. The van der Waals surface area contributed by atoms with Gasteiger partial charge in [-0.15, -0.1) is 0 Å². The summed E-state index contributed by atoms with van der Waals surface area (Å²) in [6, 6.07) is 0. The van der Waals surface area contributed by atoms with E-state index in [1.54, 1.807) is 0 Å². The molecule has 2 bridgehead atoms. The Morgan fingerprint density at radius 3 is 2.50 bits per heavy atom. The van der Waals surface area contributed by atoms with Gasteiger partial charge in [0.15, 0.2) is 0 Å². The van der Waals surface area contributed by atoms with Crippen molar-refractivity contribution in [1.29, 1.82) is 0 Å². The Bertz CT molecular complexity index is 335. The van der Waals surface area contributed by atoms with Crippen LogP contribution in [0.25, 0.3) is 0 Å². The highest BCUT2D eigenvalue weighted by atomic mass is 16.5. The number of carbonyl (C=O) groups is 1. The van der Waals surface area contributed by atoms with Crippen LogP contribution in [-0.2, 0) is 9.53 Å². The number of hydrogen-bond acceptors (Lipinski definition) is 3. The van der Waals surface area contributed by atoms with Crippen LogP contribution in [0.15, 0.2) is 0 Å². The van der Waals surface area contributed by atoms with Gasteiger partial charge in [0, 0.05) is 12.0 Å². The molecule has 104 valence electrons. The van der Waals surface area contributed by atoms with Gasteiger partial charge in [0.1, 0.15) is 6.10 Å². The van der Waals surface area contributed by atoms with E-state index >= 15 is 0 Å². The Morgan fingerprint density at radius 1 is 1.44 bits per heavy atom. The van der Waals surface area contributed by atoms with Gasteiger partial charge in [-0.2, -0.15) is 0 Å². The third kappa shape index (κ3) is 1.78. The van der Waals surface area contributed by atoms with Crippen molar-refractivity contribution in [3.05, 3.63) is 0 Å². The van der Waals surface area contributed by atoms with Crippen LogP contribution in [0.1, 0.15) is 53.4 Å². The van der Waals surface area contributed by atoms with E-state index in [0.717, 1.165) is 12.8 Å². The summed E-state index contributed by atoms with van der Waals surface area (Å²) >= 11 is 0. The minimum atomic E-state index is -0.129. The van der Waals surface area contributed by atoms with Crippen LogP contribution in [0.2, 0.25) is 0 Å². The van der Waals surface area contributed by atoms with Crippen LogP contribution in [0.3, 0.4) is 0 Å². The number of hydrogen-bond donors (Lipinski definition) is 1. The lowest BCUT2D eigenvalue weighted by molar-refractivity contribution is -0.161. The predicted molar refractivity (Wildman–Crippen MR) is 71.9 cm³/mol. The highest BCUT2D eigenvalue weighted by Crippen LogP contribution is 2.66. The first-order valence-electron chi connectivity index (χ1n) is 7.27. The molecular formula is C15H27NO2. The van der Waals surface area contributed by atoms with E-state index < -0.39 is 0 Å². The summed E-state index contributed by atoms with van der Waals surface area (Å²) in [6.07, 6.45) is 4.37. The fourth-order valence-corrected chi connectivity index (χ4v) is 3.97. The Morgan fingerprint density at radius 2 is 2.11 bits per heavy atom. The number of carbonyl (C=O) groups excluding carboxylic acids is 1. The largest absolute Gasteiger partial charge is 0.462 e. The summed E-state index contributed by atoms with van der Waals surface area (Å²) < 4.78 is 5.81. The maximum atomic E-state index is 12.1. The lowest BCUT2D eigenvalue weighted by Gasteiger charge is -2.38. The van der Waals surface area contributed by atoms with Gasteiger partial charge in [0.05, 0.1) is 5.92 Å². The normalized spacial score (nSPS) is 38.7. The molecule has 3 nitrogen and oxygen atoms in total. The molecule has 2 saturated carbocycles. The van der Waals surface area contributed by atoms with E-state index in [4.69, 9.17) is 10.5 Å². The Labute approximate surface area is 110 Å². The third-order valence-corrected chi connectivity index (χ3v) is 6.08. The second-order valence-electron chi connectivity index (χ2n) is 6.88. The molecule has 0 amide bonds. The smallest absolute Gasteiger partial charge is 0.310 e. The molecule has 2 N–H and O–H groups in total. The summed E-state index contributed by atoms with van der Waals surface area (Å²) in [4.78, 5) is 12.1. The molecule has 0 saturated heterocycles. The van der Waals surface area contributed by atoms with Crippen LogP contribution < -0.4 is 5.73 Å². The molecule has 0 aromatic rings. The van der Waals surface area contributed by atoms with E-state index in [1.807, 2.05) is 6.92 Å². The van der Waals surface area contributed by atoms with Crippen LogP contribution in [-0.4, -0.2) is 18.6 Å². The quantitative estimate of drug-likeness (QED) is 0.784. The summed E-state index contributed by atoms with van der Waals surface area (Å²) in [5.74, 6) is 0.490. The van der Waals surface area contributed by atoms with E-state index in [9.17, 15) is 4.79 Å². The van der Waals surface area contributed by atoms with Crippen molar-refractivity contribution in [1.82, 2.24) is 0 Å². The lowest BCUT2D eigenvalue weighted by Crippen LogP contribution is -2.40. The summed E-state index contributed by atoms with van der Waals surface area (Å²) in [6.45, 7) is 9.34. The zero-order chi connectivity index (χ0) is 13.6. The SMILES string of the molecule is CCC(CN)C(=O)OC1CC2CCC1(C)C2(C)C. The molecule has 2 aliphatic rings. The van der Waals surface area contributed by atoms with Gasteiger partial charge < -0.3 is 10.5 Å². The second-order valence-corrected chi connectivity index (χ2v) is 6.88. The lowest BCUT2D eigenvalue weighted by atomic mass is 9.70. The molecule has 4 unspecified atom stereocenters. The molecule has 0 heterocycles. The number of nitrogens with two attached hydrogens (primary N) is 1. The van der Waals surface area contributed by atoms with Gasteiger partial charge in [-0.05, 0) is 37.0 Å². The summed E-state index contributed by atoms with van der Waals surface area (Å²) in [7, 11) is 0. The average Bonchev–Trinajstić information content (AvgIpc) is 2.63. The molecule has 0 aliphatic heterocycles. The van der Waals surface area contributed by atoms with E-state index in [1.165, 1.54) is 12.8 Å². The molecule has 0 spiro atoms. The molecule has 2 aliphatic carbocycles. The molecular weight excluding hydrogens is 226 g/mol. The van der Waals surface area contributed by atoms with Crippen molar-refractivity contribution in [2.24, 2.45) is 28.4 Å². The first-order chi connectivity index (χ1) is 8.36. The van der Waals surface area contributed by atoms with E-state index in [2.05, 4.69) is 20.8 Å². The standard InChI is InChI=1S/C15H27NO2/c1-5-10(9-16)13(17)18-12-8-11-6-7-15(12,4)14(11,2)3/h10-12H,5-9,16H2,1-4H3. The minimum absolute atomic E-state index is 0.0884. The summed E-state index contributed by atoms with van der Waals surface area (Å²) in [5.41, 5.74) is 6.07. The highest BCUT2D eigenvalue weighted by molar-refractivity contribution is 5.73. The van der Waals surface area contributed by atoms with Crippen molar-refractivity contribution >= 4 is 5.97 Å². The van der Waals surface area contributed by atoms with Crippen LogP contribution in [0, 0.1) is 22.7 Å². The fourth-order valence-electron chi connectivity index (χ4n) is 3.97. The van der Waals surface area contributed by atoms with Gasteiger partial charge in [-0.1, -0.05) is 27.7 Å².